The number of allylic oxidation sites excluding steroid dienone is 2. The van der Waals surface area contributed by atoms with E-state index in [9.17, 15) is 34.6 Å². The molecule has 1 unspecified atom stereocenters. The number of methoxy groups -OCH3 is 1. The Morgan fingerprint density at radius 2 is 1.84 bits per heavy atom. The summed E-state index contributed by atoms with van der Waals surface area (Å²) in [5, 5.41) is 20.7. The summed E-state index contributed by atoms with van der Waals surface area (Å²) in [7, 11) is 1.18. The third-order valence-electron chi connectivity index (χ3n) is 7.01. The number of rotatable bonds is 5. The Morgan fingerprint density at radius 1 is 1.11 bits per heavy atom. The van der Waals surface area contributed by atoms with Gasteiger partial charge in [0.15, 0.2) is 6.04 Å². The molecule has 0 spiro atoms. The third kappa shape index (κ3) is 3.62. The van der Waals surface area contributed by atoms with Gasteiger partial charge in [0.05, 0.1) is 41.1 Å². The number of quaternary nitrogens is 1. The molecule has 11 nitrogen and oxygen atoms in total. The van der Waals surface area contributed by atoms with Gasteiger partial charge in [-0.25, -0.2) is 9.69 Å². The minimum atomic E-state index is -1.12. The van der Waals surface area contributed by atoms with Gasteiger partial charge in [0.1, 0.15) is 17.9 Å². The van der Waals surface area contributed by atoms with Crippen molar-refractivity contribution in [3.63, 3.8) is 0 Å². The first-order valence-electron chi connectivity index (χ1n) is 11.3. The fourth-order valence-corrected chi connectivity index (χ4v) is 5.44. The lowest BCUT2D eigenvalue weighted by Crippen LogP contribution is -3.15. The summed E-state index contributed by atoms with van der Waals surface area (Å²) in [6, 6.07) is 11.4. The van der Waals surface area contributed by atoms with Crippen molar-refractivity contribution in [3.05, 3.63) is 93.7 Å². The molecule has 0 bridgehead atoms. The molecule has 2 aromatic carbocycles. The van der Waals surface area contributed by atoms with Gasteiger partial charge in [-0.05, 0) is 18.2 Å². The van der Waals surface area contributed by atoms with E-state index in [0.29, 0.717) is 4.90 Å². The molecule has 2 fully saturated rings. The van der Waals surface area contributed by atoms with Crippen LogP contribution in [0.4, 0.5) is 11.4 Å². The van der Waals surface area contributed by atoms with Crippen LogP contribution in [0.1, 0.15) is 20.7 Å². The number of amides is 2. The van der Waals surface area contributed by atoms with Crippen molar-refractivity contribution in [2.45, 2.75) is 12.1 Å². The molecule has 2 amide bonds. The number of anilines is 1. The first-order chi connectivity index (χ1) is 17.8. The second kappa shape index (κ2) is 8.92. The number of carbonyl (C=O) groups excluding carboxylic acids is 4. The van der Waals surface area contributed by atoms with Crippen molar-refractivity contribution in [2.75, 3.05) is 12.0 Å². The number of non-ortho nitro benzene ring substituents is 1. The second-order valence-corrected chi connectivity index (χ2v) is 8.81. The number of nitrogens with zero attached hydrogens (tertiary/aromatic N) is 3. The Morgan fingerprint density at radius 3 is 2.54 bits per heavy atom. The predicted octanol–water partition coefficient (Wildman–Crippen LogP) is 0.983. The average molecular weight is 499 g/mol. The molecule has 37 heavy (non-hydrogen) atoms. The number of carbonyl (C=O) groups is 4. The lowest BCUT2D eigenvalue weighted by atomic mass is 9.86. The molecule has 1 N–H and O–H groups in total. The van der Waals surface area contributed by atoms with Crippen molar-refractivity contribution in [1.82, 2.24) is 0 Å². The van der Waals surface area contributed by atoms with E-state index in [4.69, 9.17) is 4.74 Å². The smallest absolute Gasteiger partial charge is 0.339 e. The van der Waals surface area contributed by atoms with Gasteiger partial charge in [0.25, 0.3) is 5.69 Å². The molecule has 184 valence electrons. The van der Waals surface area contributed by atoms with E-state index in [1.54, 1.807) is 24.4 Å². The van der Waals surface area contributed by atoms with Crippen LogP contribution in [-0.4, -0.2) is 47.7 Å². The number of nitro benzene ring substituents is 1. The number of hydrogen-bond acceptors (Lipinski definition) is 8. The Hall–Kier alpha value is -4.95. The summed E-state index contributed by atoms with van der Waals surface area (Å²) in [5.74, 6) is -4.67. The van der Waals surface area contributed by atoms with Crippen LogP contribution in [0, 0.1) is 33.3 Å². The summed E-state index contributed by atoms with van der Waals surface area (Å²) in [4.78, 5) is 65.8. The molecular formula is C26H19N4O7+. The summed E-state index contributed by atoms with van der Waals surface area (Å²) in [6.07, 6.45) is 4.66. The number of fused-ring (bicyclic) bond motifs is 3. The van der Waals surface area contributed by atoms with Crippen molar-refractivity contribution in [2.24, 2.45) is 11.8 Å². The van der Waals surface area contributed by atoms with Crippen molar-refractivity contribution in [3.8, 4) is 6.07 Å². The number of ketones is 1. The van der Waals surface area contributed by atoms with E-state index < -0.39 is 52.4 Å². The number of benzene rings is 2. The third-order valence-corrected chi connectivity index (χ3v) is 7.01. The van der Waals surface area contributed by atoms with Gasteiger partial charge < -0.3 is 4.74 Å². The number of nitrogens with one attached hydrogen (secondary N) is 1. The van der Waals surface area contributed by atoms with Crippen molar-refractivity contribution >= 4 is 34.9 Å². The maximum absolute atomic E-state index is 13.8. The maximum Gasteiger partial charge on any atom is 0.339 e. The van der Waals surface area contributed by atoms with E-state index in [2.05, 4.69) is 0 Å². The highest BCUT2D eigenvalue weighted by Crippen LogP contribution is 2.40. The molecule has 3 aliphatic rings. The lowest BCUT2D eigenvalue weighted by molar-refractivity contribution is -0.871. The number of ether oxygens (including phenoxy) is 1. The van der Waals surface area contributed by atoms with E-state index in [0.717, 1.165) is 11.0 Å². The van der Waals surface area contributed by atoms with Gasteiger partial charge in [-0.1, -0.05) is 24.3 Å². The minimum absolute atomic E-state index is 0.00855. The minimum Gasteiger partial charge on any atom is -0.465 e. The molecule has 2 aromatic rings. The zero-order chi connectivity index (χ0) is 26.4. The Balaban J connectivity index is 1.63. The number of esters is 1. The first-order valence-corrected chi connectivity index (χ1v) is 11.3. The molecule has 5 rings (SSSR count). The largest absolute Gasteiger partial charge is 0.465 e. The van der Waals surface area contributed by atoms with Gasteiger partial charge in [0, 0.05) is 23.8 Å². The van der Waals surface area contributed by atoms with E-state index in [-0.39, 0.29) is 28.1 Å². The fourth-order valence-electron chi connectivity index (χ4n) is 5.44. The number of nitro groups is 1. The Bertz CT molecular complexity index is 1490. The zero-order valence-electron chi connectivity index (χ0n) is 19.4. The molecule has 3 heterocycles. The topological polar surface area (TPSA) is 152 Å². The zero-order valence-corrected chi connectivity index (χ0v) is 19.4. The summed E-state index contributed by atoms with van der Waals surface area (Å²) >= 11 is 0. The second-order valence-electron chi connectivity index (χ2n) is 8.81. The van der Waals surface area contributed by atoms with E-state index >= 15 is 0 Å². The summed E-state index contributed by atoms with van der Waals surface area (Å²) in [5.41, 5.74) is 0.0787. The van der Waals surface area contributed by atoms with E-state index in [1.165, 1.54) is 43.5 Å². The summed E-state index contributed by atoms with van der Waals surface area (Å²) < 4.78 is 4.81. The SMILES string of the molecule is COC(=O)c1ccccc1N1C(=O)[C@@H]2[C@@H](C1=O)[C@@H](C(=O)c1cccc([N+](=O)[O-])c1)[NH+]1C=CC(C#N)=C[C@H]21. The molecule has 11 heteroatoms. The van der Waals surface area contributed by atoms with Crippen LogP contribution >= 0.6 is 0 Å². The number of hydrogen-bond donors (Lipinski definition) is 1. The monoisotopic (exact) mass is 499 g/mol. The molecule has 3 aliphatic heterocycles. The predicted molar refractivity (Wildman–Crippen MR) is 126 cm³/mol. The number of nitriles is 1. The highest BCUT2D eigenvalue weighted by molar-refractivity contribution is 6.25. The maximum atomic E-state index is 13.8. The van der Waals surface area contributed by atoms with Gasteiger partial charge in [-0.2, -0.15) is 5.26 Å². The highest BCUT2D eigenvalue weighted by atomic mass is 16.6. The van der Waals surface area contributed by atoms with Crippen LogP contribution < -0.4 is 9.80 Å². The van der Waals surface area contributed by atoms with Crippen LogP contribution in [0.25, 0.3) is 0 Å². The lowest BCUT2D eigenvalue weighted by Gasteiger charge is -2.28. The number of imide groups is 1. The molecule has 0 radical (unpaired) electrons. The normalized spacial score (nSPS) is 25.7. The Kier molecular flexibility index (Phi) is 5.74. The van der Waals surface area contributed by atoms with Gasteiger partial charge in [0.2, 0.25) is 17.6 Å². The molecule has 0 saturated carbocycles. The number of para-hydroxylation sites is 1. The van der Waals surface area contributed by atoms with Crippen LogP contribution in [0.3, 0.4) is 0 Å². The van der Waals surface area contributed by atoms with Gasteiger partial charge in [-0.15, -0.1) is 0 Å². The first kappa shape index (κ1) is 23.8. The van der Waals surface area contributed by atoms with Crippen LogP contribution in [-0.2, 0) is 14.3 Å². The Labute approximate surface area is 210 Å². The molecule has 2 saturated heterocycles. The molecule has 5 atom stereocenters. The molecule has 0 aromatic heterocycles. The average Bonchev–Trinajstić information content (AvgIpc) is 3.39. The van der Waals surface area contributed by atoms with Crippen LogP contribution in [0.5, 0.6) is 0 Å². The van der Waals surface area contributed by atoms with Crippen LogP contribution in [0.15, 0.2) is 72.5 Å². The van der Waals surface area contributed by atoms with E-state index in [1.807, 2.05) is 6.07 Å². The van der Waals surface area contributed by atoms with Crippen molar-refractivity contribution < 1.29 is 33.7 Å². The quantitative estimate of drug-likeness (QED) is 0.210. The summed E-state index contributed by atoms with van der Waals surface area (Å²) in [6.45, 7) is 0. The molecule has 0 aliphatic carbocycles. The highest BCUT2D eigenvalue weighted by Gasteiger charge is 2.67. The van der Waals surface area contributed by atoms with Gasteiger partial charge >= 0.3 is 5.97 Å². The standard InChI is InChI=1S/C26H18N4O7/c1-37-26(34)17-7-2-3-8-18(17)29-24(32)20-19-11-14(13-27)9-10-28(19)22(21(20)25(29)33)23(31)15-5-4-6-16(12-15)30(35)36/h2-12,19-22H,1H3/p+1/t19-,20+,21-,22+/m1/s1. The van der Waals surface area contributed by atoms with Crippen molar-refractivity contribution in [1.29, 1.82) is 5.26 Å². The fraction of sp³-hybridized carbons (Fsp3) is 0.192. The van der Waals surface area contributed by atoms with Crippen LogP contribution in [0.2, 0.25) is 0 Å². The number of Topliss-reactive ketones (excluding diaryl/α,β-unsaturated/α-hetero) is 1. The molecular weight excluding hydrogens is 480 g/mol. The van der Waals surface area contributed by atoms with Gasteiger partial charge in [-0.3, -0.25) is 29.4 Å².